The number of methoxy groups -OCH3 is 2. The van der Waals surface area contributed by atoms with Crippen molar-refractivity contribution in [3.63, 3.8) is 0 Å². The minimum Gasteiger partial charge on any atom is -0.497 e. The second kappa shape index (κ2) is 23.7. The first-order valence-corrected chi connectivity index (χ1v) is 26.2. The number of urea groups is 2. The molecule has 0 spiro atoms. The molecule has 0 saturated carbocycles. The fraction of sp³-hybridized carbons (Fsp3) is 0.231. The van der Waals surface area contributed by atoms with E-state index in [0.29, 0.717) is 46.0 Å². The molecule has 7 rings (SSSR count). The maximum Gasteiger partial charge on any atom is 0.330 e. The van der Waals surface area contributed by atoms with Crippen molar-refractivity contribution in [2.75, 3.05) is 49.0 Å². The van der Waals surface area contributed by atoms with Crippen LogP contribution in [0.4, 0.5) is 26.7 Å². The number of nitrogens with zero attached hydrogens (tertiary/aromatic N) is 4. The summed E-state index contributed by atoms with van der Waals surface area (Å²) in [6.45, 7) is -0.170. The van der Waals surface area contributed by atoms with Crippen LogP contribution >= 0.6 is 11.6 Å². The van der Waals surface area contributed by atoms with Gasteiger partial charge in [-0.2, -0.15) is 21.1 Å². The number of para-hydroxylation sites is 1. The van der Waals surface area contributed by atoms with E-state index in [1.165, 1.54) is 43.2 Å². The predicted molar refractivity (Wildman–Crippen MR) is 280 cm³/mol. The predicted octanol–water partition coefficient (Wildman–Crippen LogP) is 6.36. The highest BCUT2D eigenvalue weighted by molar-refractivity contribution is 7.91. The number of hydrogen-bond donors (Lipinski definition) is 4. The second-order valence-electron chi connectivity index (χ2n) is 17.0. The standard InChI is InChI=1S/C52H55ClN8O10S2/c1-58(41-21-25-43(70-3)26-22-41)49(62)46(32-36-13-7-5-8-14-36)54-52(65)57-73(68,69)60-30-29-39-20-19-38(31-40(39)35-60)34-61(42-23-27-44(71-4)28-24-42)50(63)47(33-37-15-9-6-10-16-37)55-51(64)56-72(66,67)59(2)48-18-12-11-17-45(48)53/h5-28,31,46-47H,29-30,32-35H2,1-4H3,(H2,54,57,65)(H2,55,56,64)/t46-,47?/m0/s1. The van der Waals surface area contributed by atoms with E-state index in [2.05, 4.69) is 15.4 Å². The molecule has 6 aromatic rings. The van der Waals surface area contributed by atoms with E-state index in [1.54, 1.807) is 128 Å². The average molecular weight is 1050 g/mol. The van der Waals surface area contributed by atoms with Crippen LogP contribution in [0.15, 0.2) is 152 Å². The van der Waals surface area contributed by atoms with E-state index in [0.717, 1.165) is 19.7 Å². The zero-order chi connectivity index (χ0) is 52.3. The number of nitrogens with one attached hydrogen (secondary N) is 4. The maximum absolute atomic E-state index is 14.9. The summed E-state index contributed by atoms with van der Waals surface area (Å²) < 4.78 is 71.4. The highest BCUT2D eigenvalue weighted by atomic mass is 35.5. The zero-order valence-corrected chi connectivity index (χ0v) is 42.8. The highest BCUT2D eigenvalue weighted by Crippen LogP contribution is 2.28. The van der Waals surface area contributed by atoms with Gasteiger partial charge in [-0.05, 0) is 94.9 Å². The van der Waals surface area contributed by atoms with Crippen molar-refractivity contribution in [2.45, 2.75) is 44.4 Å². The Morgan fingerprint density at radius 1 is 0.616 bits per heavy atom. The molecular formula is C52H55ClN8O10S2. The minimum absolute atomic E-state index is 0.0295. The van der Waals surface area contributed by atoms with Crippen molar-refractivity contribution in [2.24, 2.45) is 0 Å². The molecule has 0 fully saturated rings. The van der Waals surface area contributed by atoms with Crippen LogP contribution in [0.1, 0.15) is 27.8 Å². The van der Waals surface area contributed by atoms with E-state index >= 15 is 0 Å². The Morgan fingerprint density at radius 3 is 1.70 bits per heavy atom. The topological polar surface area (TPSA) is 216 Å². The summed E-state index contributed by atoms with van der Waals surface area (Å²) >= 11 is 6.26. The lowest BCUT2D eigenvalue weighted by Crippen LogP contribution is -2.55. The van der Waals surface area contributed by atoms with Crippen LogP contribution in [-0.4, -0.2) is 92.0 Å². The van der Waals surface area contributed by atoms with Crippen LogP contribution in [0, 0.1) is 0 Å². The largest absolute Gasteiger partial charge is 0.497 e. The average Bonchev–Trinajstić information content (AvgIpc) is 3.39. The van der Waals surface area contributed by atoms with Crippen LogP contribution in [0.5, 0.6) is 11.5 Å². The van der Waals surface area contributed by atoms with Gasteiger partial charge in [0.2, 0.25) is 11.8 Å². The fourth-order valence-corrected chi connectivity index (χ4v) is 10.4. The van der Waals surface area contributed by atoms with Gasteiger partial charge in [-0.15, -0.1) is 0 Å². The number of halogens is 1. The summed E-state index contributed by atoms with van der Waals surface area (Å²) in [5, 5.41) is 5.32. The fourth-order valence-electron chi connectivity index (χ4n) is 8.16. The third-order valence-electron chi connectivity index (χ3n) is 12.1. The first-order chi connectivity index (χ1) is 34.9. The van der Waals surface area contributed by atoms with Crippen LogP contribution in [0.25, 0.3) is 0 Å². The first-order valence-electron chi connectivity index (χ1n) is 22.9. The maximum atomic E-state index is 14.9. The molecule has 1 aliphatic rings. The second-order valence-corrected chi connectivity index (χ2v) is 20.7. The molecule has 73 heavy (non-hydrogen) atoms. The van der Waals surface area contributed by atoms with Gasteiger partial charge in [0.05, 0.1) is 31.5 Å². The molecule has 21 heteroatoms. The van der Waals surface area contributed by atoms with Gasteiger partial charge in [-0.1, -0.05) is 103 Å². The molecule has 1 unspecified atom stereocenters. The number of fused-ring (bicyclic) bond motifs is 1. The molecule has 6 aromatic carbocycles. The number of rotatable bonds is 19. The number of amides is 6. The Hall–Kier alpha value is -7.65. The first kappa shape index (κ1) is 53.2. The van der Waals surface area contributed by atoms with Crippen LogP contribution in [-0.2, 0) is 62.4 Å². The van der Waals surface area contributed by atoms with Gasteiger partial charge >= 0.3 is 32.5 Å². The van der Waals surface area contributed by atoms with Crippen LogP contribution in [0.2, 0.25) is 5.02 Å². The Bertz CT molecular complexity index is 3140. The molecule has 0 saturated heterocycles. The summed E-state index contributed by atoms with van der Waals surface area (Å²) in [4.78, 5) is 58.9. The smallest absolute Gasteiger partial charge is 0.330 e. The number of ether oxygens (including phenoxy) is 2. The van der Waals surface area contributed by atoms with E-state index in [1.807, 2.05) is 22.9 Å². The highest BCUT2D eigenvalue weighted by Gasteiger charge is 2.33. The quantitative estimate of drug-likeness (QED) is 0.0705. The number of carbonyl (C=O) groups is 4. The van der Waals surface area contributed by atoms with Gasteiger partial charge in [-0.25, -0.2) is 19.0 Å². The summed E-state index contributed by atoms with van der Waals surface area (Å²) in [6, 6.07) is 38.2. The normalized spacial score (nSPS) is 13.3. The van der Waals surface area contributed by atoms with Crippen LogP contribution < -0.4 is 43.7 Å². The molecule has 6 amide bonds. The Morgan fingerprint density at radius 2 is 1.14 bits per heavy atom. The lowest BCUT2D eigenvalue weighted by atomic mass is 9.98. The lowest BCUT2D eigenvalue weighted by molar-refractivity contribution is -0.121. The summed E-state index contributed by atoms with van der Waals surface area (Å²) in [5.74, 6) is 0.0163. The number of carbonyl (C=O) groups excluding carboxylic acids is 4. The van der Waals surface area contributed by atoms with E-state index in [9.17, 15) is 36.0 Å². The Kier molecular flexibility index (Phi) is 17.3. The van der Waals surface area contributed by atoms with Crippen molar-refractivity contribution in [1.29, 1.82) is 0 Å². The van der Waals surface area contributed by atoms with Gasteiger partial charge in [0.15, 0.2) is 0 Å². The molecule has 18 nitrogen and oxygen atoms in total. The van der Waals surface area contributed by atoms with E-state index < -0.39 is 56.4 Å². The SMILES string of the molecule is COc1ccc(N(C)C(=O)[C@H](Cc2ccccc2)NC(=O)NS(=O)(=O)N2CCc3ccc(CN(C(=O)C(Cc4ccccc4)NC(=O)NS(=O)(=O)N(C)c4ccccc4Cl)c4ccc(OC)cc4)cc3C2)cc1. The zero-order valence-electron chi connectivity index (χ0n) is 40.4. The van der Waals surface area contributed by atoms with Gasteiger partial charge in [0.25, 0.3) is 0 Å². The molecule has 0 bridgehead atoms. The van der Waals surface area contributed by atoms with Crippen molar-refractivity contribution in [3.8, 4) is 11.5 Å². The van der Waals surface area contributed by atoms with Gasteiger partial charge in [0, 0.05) is 51.4 Å². The van der Waals surface area contributed by atoms with Crippen molar-refractivity contribution in [1.82, 2.24) is 24.4 Å². The molecule has 382 valence electrons. The molecule has 4 N–H and O–H groups in total. The third kappa shape index (κ3) is 13.7. The Balaban J connectivity index is 1.10. The minimum atomic E-state index is -4.52. The molecule has 1 aliphatic heterocycles. The third-order valence-corrected chi connectivity index (χ3v) is 15.3. The number of likely N-dealkylation sites (N-methyl/N-ethyl adjacent to an activating group) is 1. The molecule has 0 aromatic heterocycles. The molecular weight excluding hydrogens is 996 g/mol. The monoisotopic (exact) mass is 1050 g/mol. The molecule has 0 radical (unpaired) electrons. The molecule has 2 atom stereocenters. The molecule has 1 heterocycles. The van der Waals surface area contributed by atoms with Gasteiger partial charge in [0.1, 0.15) is 23.6 Å². The van der Waals surface area contributed by atoms with Crippen molar-refractivity contribution in [3.05, 3.63) is 184 Å². The van der Waals surface area contributed by atoms with Gasteiger partial charge < -0.3 is 29.9 Å². The van der Waals surface area contributed by atoms with Crippen molar-refractivity contribution >= 4 is 73.0 Å². The summed E-state index contributed by atoms with van der Waals surface area (Å²) in [6.07, 6.45) is 0.343. The summed E-state index contributed by atoms with van der Waals surface area (Å²) in [7, 11) is -3.18. The molecule has 0 aliphatic carbocycles. The number of anilines is 3. The van der Waals surface area contributed by atoms with Crippen molar-refractivity contribution < 1.29 is 45.5 Å². The number of benzene rings is 6. The lowest BCUT2D eigenvalue weighted by Gasteiger charge is -2.31. The Labute approximate surface area is 430 Å². The summed E-state index contributed by atoms with van der Waals surface area (Å²) in [5.41, 5.74) is 4.51. The van der Waals surface area contributed by atoms with Crippen LogP contribution in [0.3, 0.4) is 0 Å². The van der Waals surface area contributed by atoms with Gasteiger partial charge in [-0.3, -0.25) is 13.9 Å². The number of hydrogen-bond acceptors (Lipinski definition) is 10. The van der Waals surface area contributed by atoms with E-state index in [4.69, 9.17) is 21.1 Å². The van der Waals surface area contributed by atoms with E-state index in [-0.39, 0.29) is 43.2 Å².